The lowest BCUT2D eigenvalue weighted by Gasteiger charge is -2.36. The zero-order valence-corrected chi connectivity index (χ0v) is 29.5. The third-order valence-corrected chi connectivity index (χ3v) is 10.0. The van der Waals surface area contributed by atoms with Crippen LogP contribution in [0.15, 0.2) is 199 Å². The Hall–Kier alpha value is -5.40. The molecule has 0 saturated carbocycles. The van der Waals surface area contributed by atoms with Crippen molar-refractivity contribution in [3.05, 3.63) is 220 Å². The highest BCUT2D eigenvalue weighted by atomic mass is 15.2. The molecule has 250 valence electrons. The van der Waals surface area contributed by atoms with Crippen molar-refractivity contribution in [3.63, 3.8) is 0 Å². The molecule has 0 aliphatic heterocycles. The van der Waals surface area contributed by atoms with Crippen LogP contribution in [0.5, 0.6) is 0 Å². The van der Waals surface area contributed by atoms with E-state index in [-0.39, 0.29) is 0 Å². The van der Waals surface area contributed by atoms with Gasteiger partial charge in [0.1, 0.15) is 0 Å². The van der Waals surface area contributed by atoms with Crippen molar-refractivity contribution >= 4 is 17.7 Å². The minimum atomic E-state index is 0.517. The maximum Gasteiger partial charge on any atom is 0.0496 e. The number of hydrogen-bond donors (Lipinski definition) is 0. The largest absolute Gasteiger partial charge is 0.317 e. The van der Waals surface area contributed by atoms with Gasteiger partial charge in [0.15, 0.2) is 0 Å². The second kappa shape index (κ2) is 16.8. The Morgan fingerprint density at radius 1 is 0.860 bits per heavy atom. The van der Waals surface area contributed by atoms with Crippen LogP contribution in [0.3, 0.4) is 0 Å². The third kappa shape index (κ3) is 7.90. The van der Waals surface area contributed by atoms with E-state index in [0.29, 0.717) is 12.3 Å². The second-order valence-corrected chi connectivity index (χ2v) is 13.2. The van der Waals surface area contributed by atoms with Crippen molar-refractivity contribution in [2.24, 2.45) is 0 Å². The van der Waals surface area contributed by atoms with E-state index in [1.54, 1.807) is 0 Å². The molecule has 1 heteroatoms. The van der Waals surface area contributed by atoms with Crippen LogP contribution in [0, 0.1) is 0 Å². The van der Waals surface area contributed by atoms with Gasteiger partial charge >= 0.3 is 0 Å². The van der Waals surface area contributed by atoms with E-state index in [1.165, 1.54) is 60.9 Å². The lowest BCUT2D eigenvalue weighted by atomic mass is 9.85. The molecule has 3 aromatic rings. The predicted octanol–water partition coefficient (Wildman–Crippen LogP) is 11.6. The molecule has 0 aromatic heterocycles. The van der Waals surface area contributed by atoms with Crippen LogP contribution < -0.4 is 10.4 Å². The Balaban J connectivity index is 1.57. The molecule has 0 N–H and O–H groups in total. The first-order valence-electron chi connectivity index (χ1n) is 18.0. The first-order chi connectivity index (χ1) is 24.6. The summed E-state index contributed by atoms with van der Waals surface area (Å²) in [5.74, 6) is 0.517. The summed E-state index contributed by atoms with van der Waals surface area (Å²) >= 11 is 0. The van der Waals surface area contributed by atoms with Gasteiger partial charge in [-0.05, 0) is 90.2 Å². The topological polar surface area (TPSA) is 3.24 Å². The molecule has 50 heavy (non-hydrogen) atoms. The van der Waals surface area contributed by atoms with E-state index in [0.717, 1.165) is 44.1 Å². The highest BCUT2D eigenvalue weighted by Crippen LogP contribution is 2.46. The van der Waals surface area contributed by atoms with Crippen molar-refractivity contribution in [2.45, 2.75) is 57.8 Å². The van der Waals surface area contributed by atoms with E-state index in [2.05, 4.69) is 171 Å². The monoisotopic (exact) mass is 651 g/mol. The fourth-order valence-corrected chi connectivity index (χ4v) is 7.55. The van der Waals surface area contributed by atoms with E-state index >= 15 is 0 Å². The summed E-state index contributed by atoms with van der Waals surface area (Å²) in [7, 11) is 0. The Labute approximate surface area is 299 Å². The highest BCUT2D eigenvalue weighted by molar-refractivity contribution is 5.76. The van der Waals surface area contributed by atoms with Crippen molar-refractivity contribution in [1.29, 1.82) is 0 Å². The minimum Gasteiger partial charge on any atom is -0.317 e. The predicted molar refractivity (Wildman–Crippen MR) is 216 cm³/mol. The molecule has 3 aliphatic rings. The summed E-state index contributed by atoms with van der Waals surface area (Å²) in [5.41, 5.74) is 13.0. The molecule has 0 heterocycles. The van der Waals surface area contributed by atoms with Crippen LogP contribution in [0.4, 0.5) is 0 Å². The van der Waals surface area contributed by atoms with Gasteiger partial charge in [0.05, 0.1) is 0 Å². The maximum atomic E-state index is 4.65. The number of allylic oxidation sites excluding steroid dienone is 15. The summed E-state index contributed by atoms with van der Waals surface area (Å²) in [6, 6.07) is 30.4. The lowest BCUT2D eigenvalue weighted by Crippen LogP contribution is -2.25. The molecule has 1 unspecified atom stereocenters. The molecule has 3 aromatic carbocycles. The lowest BCUT2D eigenvalue weighted by molar-refractivity contribution is 0.456. The number of benzene rings is 3. The number of rotatable bonds is 12. The van der Waals surface area contributed by atoms with E-state index in [4.69, 9.17) is 0 Å². The smallest absolute Gasteiger partial charge is 0.0496 e. The molecular weight excluding hydrogens is 603 g/mol. The Bertz CT molecular complexity index is 2070. The third-order valence-electron chi connectivity index (χ3n) is 10.0. The molecule has 0 radical (unpaired) electrons. The van der Waals surface area contributed by atoms with Crippen molar-refractivity contribution < 1.29 is 0 Å². The molecule has 0 spiro atoms. The SMILES string of the molecule is C=C/C=C\C1=C(N(C2=CCC(c3ccccc3)CC2)C(/C=C\C=C)=C(/CC(=C)/C=c2/cccc/c2=C/C)c2ccccc2)CC2=C1C=CCC2. The van der Waals surface area contributed by atoms with E-state index in [9.17, 15) is 0 Å². The van der Waals surface area contributed by atoms with Gasteiger partial charge in [-0.2, -0.15) is 0 Å². The Kier molecular flexibility index (Phi) is 11.6. The van der Waals surface area contributed by atoms with Crippen molar-refractivity contribution in [2.75, 3.05) is 0 Å². The quantitative estimate of drug-likeness (QED) is 0.176. The fraction of sp³-hybridized carbons (Fsp3) is 0.184. The molecule has 1 nitrogen and oxygen atoms in total. The zero-order valence-electron chi connectivity index (χ0n) is 29.5. The molecule has 0 amide bonds. The van der Waals surface area contributed by atoms with Gasteiger partial charge < -0.3 is 4.90 Å². The summed E-state index contributed by atoms with van der Waals surface area (Å²) in [5, 5.41) is 2.40. The van der Waals surface area contributed by atoms with Gasteiger partial charge in [-0.25, -0.2) is 0 Å². The maximum absolute atomic E-state index is 4.65. The number of hydrogen-bond acceptors (Lipinski definition) is 1. The normalized spacial score (nSPS) is 18.8. The minimum absolute atomic E-state index is 0.517. The summed E-state index contributed by atoms with van der Waals surface area (Å²) in [4.78, 5) is 2.61. The molecular formula is C49H49N. The molecule has 1 atom stereocenters. The van der Waals surface area contributed by atoms with Crippen LogP contribution in [-0.2, 0) is 0 Å². The van der Waals surface area contributed by atoms with Crippen LogP contribution in [0.25, 0.3) is 17.7 Å². The van der Waals surface area contributed by atoms with Crippen molar-refractivity contribution in [1.82, 2.24) is 4.90 Å². The summed E-state index contributed by atoms with van der Waals surface area (Å²) in [6.45, 7) is 14.9. The number of nitrogens with zero attached hydrogens (tertiary/aromatic N) is 1. The van der Waals surface area contributed by atoms with Crippen LogP contribution in [-0.4, -0.2) is 4.90 Å². The van der Waals surface area contributed by atoms with E-state index < -0.39 is 0 Å². The molecule has 3 aliphatic carbocycles. The molecule has 6 rings (SSSR count). The zero-order chi connectivity index (χ0) is 34.7. The molecule has 0 bridgehead atoms. The van der Waals surface area contributed by atoms with Crippen LogP contribution >= 0.6 is 0 Å². The average Bonchev–Trinajstić information content (AvgIpc) is 3.53. The van der Waals surface area contributed by atoms with Crippen LogP contribution in [0.1, 0.15) is 68.9 Å². The summed E-state index contributed by atoms with van der Waals surface area (Å²) < 4.78 is 0. The standard InChI is InChI=1S/C49H49N/c1-5-8-27-46-45-28-19-18-26-43(45)36-49(46)50(44-32-30-40(31-33-44)39-21-12-10-13-22-39)48(29-9-6-2)47(41-23-14-11-15-24-41)35-37(4)34-42-25-17-16-20-38(42)7-3/h5-17,19-25,27-29,32,34,40H,1-2,4,18,26,30-31,33,35-36H2,3H3/b27-8-,29-9-,38-7-,42-34-,48-47-. The first-order valence-corrected chi connectivity index (χ1v) is 18.0. The average molecular weight is 652 g/mol. The summed E-state index contributed by atoms with van der Waals surface area (Å²) in [6.07, 6.45) is 31.0. The second-order valence-electron chi connectivity index (χ2n) is 13.2. The molecule has 0 fully saturated rings. The first kappa shape index (κ1) is 34.5. The van der Waals surface area contributed by atoms with Gasteiger partial charge in [-0.15, -0.1) is 0 Å². The fourth-order valence-electron chi connectivity index (χ4n) is 7.55. The Morgan fingerprint density at radius 2 is 1.58 bits per heavy atom. The van der Waals surface area contributed by atoms with Crippen molar-refractivity contribution in [3.8, 4) is 0 Å². The van der Waals surface area contributed by atoms with Gasteiger partial charge in [0.25, 0.3) is 0 Å². The molecule has 0 saturated heterocycles. The van der Waals surface area contributed by atoms with Gasteiger partial charge in [-0.1, -0.05) is 177 Å². The van der Waals surface area contributed by atoms with Gasteiger partial charge in [-0.3, -0.25) is 0 Å². The van der Waals surface area contributed by atoms with Gasteiger partial charge in [0, 0.05) is 29.1 Å². The Morgan fingerprint density at radius 3 is 2.28 bits per heavy atom. The van der Waals surface area contributed by atoms with Gasteiger partial charge in [0.2, 0.25) is 0 Å². The highest BCUT2D eigenvalue weighted by Gasteiger charge is 2.32. The van der Waals surface area contributed by atoms with Crippen LogP contribution in [0.2, 0.25) is 0 Å². The van der Waals surface area contributed by atoms with E-state index in [1.807, 2.05) is 12.2 Å².